The zero-order chi connectivity index (χ0) is 17.0. The van der Waals surface area contributed by atoms with Crippen LogP contribution in [0.25, 0.3) is 0 Å². The molecule has 0 fully saturated rings. The fourth-order valence-corrected chi connectivity index (χ4v) is 3.63. The summed E-state index contributed by atoms with van der Waals surface area (Å²) in [4.78, 5) is 16.9. The Bertz CT molecular complexity index is 933. The molecule has 0 aliphatic rings. The highest BCUT2D eigenvalue weighted by molar-refractivity contribution is 7.91. The molecular weight excluding hydrogens is 324 g/mol. The number of hydrogen-bond donors (Lipinski definition) is 0. The quantitative estimate of drug-likeness (QED) is 0.647. The molecule has 0 atom stereocenters. The summed E-state index contributed by atoms with van der Waals surface area (Å²) in [5, 5.41) is 0. The highest BCUT2D eigenvalue weighted by Crippen LogP contribution is 2.13. The van der Waals surface area contributed by atoms with Gasteiger partial charge in [-0.25, -0.2) is 13.4 Å². The lowest BCUT2D eigenvalue weighted by molar-refractivity contribution is 0.102. The van der Waals surface area contributed by atoms with Crippen LogP contribution in [-0.2, 0) is 16.4 Å². The van der Waals surface area contributed by atoms with Crippen LogP contribution in [0.2, 0.25) is 0 Å². The third-order valence-corrected chi connectivity index (χ3v) is 5.37. The van der Waals surface area contributed by atoms with Gasteiger partial charge in [0.1, 0.15) is 0 Å². The van der Waals surface area contributed by atoms with Gasteiger partial charge in [0.2, 0.25) is 5.78 Å². The van der Waals surface area contributed by atoms with Crippen LogP contribution < -0.4 is 0 Å². The minimum absolute atomic E-state index is 0.0948. The molecular formula is C18H16N2O3S. The summed E-state index contributed by atoms with van der Waals surface area (Å²) in [5.74, 6) is -0.0789. The summed E-state index contributed by atoms with van der Waals surface area (Å²) >= 11 is 0. The van der Waals surface area contributed by atoms with Gasteiger partial charge in [0.15, 0.2) is 15.7 Å². The third-order valence-electron chi connectivity index (χ3n) is 3.66. The normalized spacial score (nSPS) is 11.3. The van der Waals surface area contributed by atoms with Crippen LogP contribution in [0.15, 0.2) is 78.0 Å². The lowest BCUT2D eigenvalue weighted by Gasteiger charge is -2.08. The predicted molar refractivity (Wildman–Crippen MR) is 90.6 cm³/mol. The van der Waals surface area contributed by atoms with Crippen molar-refractivity contribution in [2.75, 3.05) is 5.75 Å². The molecule has 0 bridgehead atoms. The van der Waals surface area contributed by atoms with Gasteiger partial charge < -0.3 is 4.57 Å². The van der Waals surface area contributed by atoms with E-state index in [1.165, 1.54) is 6.20 Å². The van der Waals surface area contributed by atoms with Crippen LogP contribution >= 0.6 is 0 Å². The van der Waals surface area contributed by atoms with Crippen LogP contribution in [0, 0.1) is 0 Å². The van der Waals surface area contributed by atoms with Crippen LogP contribution in [0.5, 0.6) is 0 Å². The maximum absolute atomic E-state index is 12.5. The van der Waals surface area contributed by atoms with Crippen LogP contribution in [0.1, 0.15) is 16.2 Å². The number of nitrogens with zero attached hydrogens (tertiary/aromatic N) is 2. The van der Waals surface area contributed by atoms with Crippen molar-refractivity contribution in [3.05, 3.63) is 84.4 Å². The van der Waals surface area contributed by atoms with Crippen LogP contribution in [-0.4, -0.2) is 29.5 Å². The fourth-order valence-electron chi connectivity index (χ4n) is 2.38. The molecule has 0 saturated heterocycles. The van der Waals surface area contributed by atoms with Crippen molar-refractivity contribution in [1.82, 2.24) is 9.55 Å². The van der Waals surface area contributed by atoms with Crippen molar-refractivity contribution in [3.63, 3.8) is 0 Å². The van der Waals surface area contributed by atoms with E-state index in [2.05, 4.69) is 4.98 Å². The third kappa shape index (κ3) is 3.44. The monoisotopic (exact) mass is 340 g/mol. The Balaban J connectivity index is 1.78. The van der Waals surface area contributed by atoms with Gasteiger partial charge in [-0.1, -0.05) is 48.5 Å². The smallest absolute Gasteiger partial charge is 0.228 e. The van der Waals surface area contributed by atoms with Gasteiger partial charge in [-0.2, -0.15) is 0 Å². The van der Waals surface area contributed by atoms with E-state index >= 15 is 0 Å². The van der Waals surface area contributed by atoms with Gasteiger partial charge in [-0.3, -0.25) is 4.79 Å². The number of sulfone groups is 1. The zero-order valence-electron chi connectivity index (χ0n) is 12.9. The molecule has 0 aliphatic carbocycles. The number of rotatable bonds is 6. The SMILES string of the molecule is O=C(c1ccccc1)c1nccn1CCS(=O)(=O)c1ccccc1. The first-order valence-corrected chi connectivity index (χ1v) is 9.12. The first-order chi connectivity index (χ1) is 11.6. The molecule has 6 heteroatoms. The van der Waals surface area contributed by atoms with Crippen molar-refractivity contribution >= 4 is 15.6 Å². The lowest BCUT2D eigenvalue weighted by Crippen LogP contribution is -2.17. The summed E-state index contributed by atoms with van der Waals surface area (Å²) < 4.78 is 26.3. The molecule has 0 unspecified atom stereocenters. The molecule has 3 aromatic rings. The second-order valence-electron chi connectivity index (χ2n) is 5.27. The fraction of sp³-hybridized carbons (Fsp3) is 0.111. The number of aromatic nitrogens is 2. The number of carbonyl (C=O) groups is 1. The van der Waals surface area contributed by atoms with E-state index in [4.69, 9.17) is 0 Å². The maximum Gasteiger partial charge on any atom is 0.228 e. The second kappa shape index (κ2) is 6.80. The van der Waals surface area contributed by atoms with Crippen molar-refractivity contribution in [1.29, 1.82) is 0 Å². The summed E-state index contributed by atoms with van der Waals surface area (Å²) in [6.45, 7) is 0.172. The number of ketones is 1. The Hall–Kier alpha value is -2.73. The number of benzene rings is 2. The van der Waals surface area contributed by atoms with Crippen molar-refractivity contribution < 1.29 is 13.2 Å². The largest absolute Gasteiger partial charge is 0.327 e. The molecule has 0 amide bonds. The van der Waals surface area contributed by atoms with Gasteiger partial charge in [-0.05, 0) is 12.1 Å². The van der Waals surface area contributed by atoms with Gasteiger partial charge in [0.05, 0.1) is 10.6 Å². The summed E-state index contributed by atoms with van der Waals surface area (Å²) in [5.41, 5.74) is 0.524. The number of aryl methyl sites for hydroxylation is 1. The minimum Gasteiger partial charge on any atom is -0.327 e. The molecule has 0 saturated carbocycles. The lowest BCUT2D eigenvalue weighted by atomic mass is 10.1. The second-order valence-corrected chi connectivity index (χ2v) is 7.38. The van der Waals surface area contributed by atoms with Gasteiger partial charge in [0, 0.05) is 24.5 Å². The van der Waals surface area contributed by atoms with Crippen molar-refractivity contribution in [3.8, 4) is 0 Å². The molecule has 1 aromatic heterocycles. The topological polar surface area (TPSA) is 69.0 Å². The van der Waals surface area contributed by atoms with Gasteiger partial charge in [-0.15, -0.1) is 0 Å². The molecule has 0 aliphatic heterocycles. The Morgan fingerprint density at radius 3 is 2.25 bits per heavy atom. The Labute approximate surface area is 140 Å². The van der Waals surface area contributed by atoms with E-state index < -0.39 is 9.84 Å². The average Bonchev–Trinajstić information content (AvgIpc) is 3.09. The van der Waals surface area contributed by atoms with Crippen molar-refractivity contribution in [2.24, 2.45) is 0 Å². The van der Waals surface area contributed by atoms with Crippen LogP contribution in [0.4, 0.5) is 0 Å². The van der Waals surface area contributed by atoms with E-state index in [1.54, 1.807) is 65.4 Å². The molecule has 0 spiro atoms. The van der Waals surface area contributed by atoms with E-state index in [1.807, 2.05) is 6.07 Å². The summed E-state index contributed by atoms with van der Waals surface area (Å²) in [6, 6.07) is 17.1. The highest BCUT2D eigenvalue weighted by Gasteiger charge is 2.18. The molecule has 24 heavy (non-hydrogen) atoms. The molecule has 0 N–H and O–H groups in total. The Morgan fingerprint density at radius 1 is 0.958 bits per heavy atom. The molecule has 1 heterocycles. The summed E-state index contributed by atoms with van der Waals surface area (Å²) in [7, 11) is -3.40. The highest BCUT2D eigenvalue weighted by atomic mass is 32.2. The van der Waals surface area contributed by atoms with E-state index in [0.717, 1.165) is 0 Å². The average molecular weight is 340 g/mol. The minimum atomic E-state index is -3.40. The Kier molecular flexibility index (Phi) is 4.57. The molecule has 5 nitrogen and oxygen atoms in total. The molecule has 122 valence electrons. The number of hydrogen-bond acceptors (Lipinski definition) is 4. The van der Waals surface area contributed by atoms with E-state index in [9.17, 15) is 13.2 Å². The number of carbonyl (C=O) groups excluding carboxylic acids is 1. The van der Waals surface area contributed by atoms with E-state index in [0.29, 0.717) is 5.56 Å². The first-order valence-electron chi connectivity index (χ1n) is 7.46. The first kappa shape index (κ1) is 16.1. The molecule has 0 radical (unpaired) electrons. The van der Waals surface area contributed by atoms with Gasteiger partial charge >= 0.3 is 0 Å². The standard InChI is InChI=1S/C18H16N2O3S/c21-17(15-7-3-1-4-8-15)18-19-11-12-20(18)13-14-24(22,23)16-9-5-2-6-10-16/h1-12H,13-14H2. The van der Waals surface area contributed by atoms with E-state index in [-0.39, 0.29) is 28.8 Å². The Morgan fingerprint density at radius 2 is 1.58 bits per heavy atom. The maximum atomic E-state index is 12.5. The molecule has 2 aromatic carbocycles. The predicted octanol–water partition coefficient (Wildman–Crippen LogP) is 2.59. The van der Waals surface area contributed by atoms with Crippen LogP contribution in [0.3, 0.4) is 0 Å². The van der Waals surface area contributed by atoms with Crippen molar-refractivity contribution in [2.45, 2.75) is 11.4 Å². The zero-order valence-corrected chi connectivity index (χ0v) is 13.7. The number of imidazole rings is 1. The van der Waals surface area contributed by atoms with Gasteiger partial charge in [0.25, 0.3) is 0 Å². The molecule has 3 rings (SSSR count). The summed E-state index contributed by atoms with van der Waals surface area (Å²) in [6.07, 6.45) is 3.13.